The number of benzene rings is 1. The molecule has 0 aliphatic heterocycles. The number of aromatic amines is 1. The van der Waals surface area contributed by atoms with Gasteiger partial charge in [0.05, 0.1) is 30.1 Å². The van der Waals surface area contributed by atoms with Crippen molar-refractivity contribution in [2.24, 2.45) is 7.05 Å². The maximum Gasteiger partial charge on any atom is 0.355 e. The highest BCUT2D eigenvalue weighted by Crippen LogP contribution is 2.39. The molecule has 0 radical (unpaired) electrons. The summed E-state index contributed by atoms with van der Waals surface area (Å²) in [6.07, 6.45) is 2.25. The van der Waals surface area contributed by atoms with Gasteiger partial charge in [0.2, 0.25) is 0 Å². The van der Waals surface area contributed by atoms with E-state index in [9.17, 15) is 9.90 Å². The van der Waals surface area contributed by atoms with Gasteiger partial charge in [0.25, 0.3) is 0 Å². The average molecular weight is 514 g/mol. The van der Waals surface area contributed by atoms with E-state index < -0.39 is 8.32 Å². The summed E-state index contributed by atoms with van der Waals surface area (Å²) in [6, 6.07) is 4.17. The van der Waals surface area contributed by atoms with Crippen molar-refractivity contribution in [1.82, 2.24) is 14.8 Å². The number of rotatable bonds is 10. The van der Waals surface area contributed by atoms with Crippen molar-refractivity contribution in [2.75, 3.05) is 13.2 Å². The van der Waals surface area contributed by atoms with E-state index in [1.807, 2.05) is 14.0 Å². The zero-order valence-corrected chi connectivity index (χ0v) is 24.5. The van der Waals surface area contributed by atoms with E-state index in [4.69, 9.17) is 9.16 Å². The van der Waals surface area contributed by atoms with Gasteiger partial charge < -0.3 is 19.3 Å². The van der Waals surface area contributed by atoms with Gasteiger partial charge in [-0.05, 0) is 62.4 Å². The number of carbonyl (C=O) groups is 1. The number of nitrogens with one attached hydrogen (secondary N) is 1. The molecule has 0 aliphatic carbocycles. The minimum atomic E-state index is -1.84. The summed E-state index contributed by atoms with van der Waals surface area (Å²) in [7, 11) is 0.0170. The fourth-order valence-electron chi connectivity index (χ4n) is 4.51. The summed E-state index contributed by atoms with van der Waals surface area (Å²) >= 11 is 0. The van der Waals surface area contributed by atoms with Crippen molar-refractivity contribution in [3.63, 3.8) is 0 Å². The van der Waals surface area contributed by atoms with Gasteiger partial charge in [-0.25, -0.2) is 4.79 Å². The molecule has 2 aromatic heterocycles. The molecule has 7 nitrogen and oxygen atoms in total. The lowest BCUT2D eigenvalue weighted by Gasteiger charge is -2.36. The first-order valence-electron chi connectivity index (χ1n) is 13.0. The van der Waals surface area contributed by atoms with Crippen LogP contribution in [0.25, 0.3) is 22.0 Å². The molecule has 8 heteroatoms. The van der Waals surface area contributed by atoms with Crippen molar-refractivity contribution in [2.45, 2.75) is 85.5 Å². The quantitative estimate of drug-likeness (QED) is 0.195. The third-order valence-electron chi connectivity index (χ3n) is 7.58. The molecule has 0 saturated heterocycles. The van der Waals surface area contributed by atoms with Crippen LogP contribution in [-0.4, -0.2) is 47.4 Å². The molecule has 0 spiro atoms. The maximum absolute atomic E-state index is 13.0. The first-order valence-corrected chi connectivity index (χ1v) is 15.9. The van der Waals surface area contributed by atoms with Gasteiger partial charge in [-0.2, -0.15) is 5.10 Å². The Morgan fingerprint density at radius 1 is 1.19 bits per heavy atom. The number of aliphatic hydroxyl groups is 1. The molecular weight excluding hydrogens is 470 g/mol. The van der Waals surface area contributed by atoms with Gasteiger partial charge in [-0.1, -0.05) is 39.8 Å². The minimum absolute atomic E-state index is 0.113. The van der Waals surface area contributed by atoms with Crippen molar-refractivity contribution in [1.29, 1.82) is 0 Å². The van der Waals surface area contributed by atoms with Gasteiger partial charge in [-0.3, -0.25) is 4.68 Å². The van der Waals surface area contributed by atoms with Crippen LogP contribution < -0.4 is 0 Å². The number of fused-ring (bicyclic) bond motifs is 1. The van der Waals surface area contributed by atoms with E-state index in [0.717, 1.165) is 57.4 Å². The molecule has 0 saturated carbocycles. The second kappa shape index (κ2) is 10.9. The summed E-state index contributed by atoms with van der Waals surface area (Å²) in [5, 5.41) is 16.0. The standard InChI is InChI=1S/C28H43N3O4Si/c1-10-21-24(22(17-32)31(7)30-21)23-18(3)14-15-20-19(26(29-25(20)23)27(33)34-11-2)13-12-16-35-36(8,9)28(4,5)6/h14-15,29,32H,10-13,16-17H2,1-9H3. The molecule has 3 rings (SSSR count). The number of aryl methyl sites for hydroxylation is 4. The predicted octanol–water partition coefficient (Wildman–Crippen LogP) is 6.06. The Bertz CT molecular complexity index is 1230. The van der Waals surface area contributed by atoms with Crippen LogP contribution in [0.4, 0.5) is 0 Å². The van der Waals surface area contributed by atoms with Gasteiger partial charge in [0.1, 0.15) is 5.69 Å². The number of hydrogen-bond donors (Lipinski definition) is 2. The number of nitrogens with zero attached hydrogens (tertiary/aromatic N) is 2. The second-order valence-corrected chi connectivity index (χ2v) is 15.8. The van der Waals surface area contributed by atoms with E-state index in [1.54, 1.807) is 4.68 Å². The van der Waals surface area contributed by atoms with Crippen molar-refractivity contribution in [3.05, 3.63) is 40.3 Å². The molecule has 2 N–H and O–H groups in total. The Kier molecular flexibility index (Phi) is 8.53. The lowest BCUT2D eigenvalue weighted by molar-refractivity contribution is 0.0519. The second-order valence-electron chi connectivity index (χ2n) is 11.0. The molecule has 0 amide bonds. The molecule has 1 aromatic carbocycles. The van der Waals surface area contributed by atoms with Crippen LogP contribution in [0.3, 0.4) is 0 Å². The summed E-state index contributed by atoms with van der Waals surface area (Å²) in [5.41, 5.74) is 7.01. The first-order chi connectivity index (χ1) is 16.9. The van der Waals surface area contributed by atoms with E-state index in [1.165, 1.54) is 0 Å². The number of ether oxygens (including phenoxy) is 1. The van der Waals surface area contributed by atoms with Crippen LogP contribution in [0.2, 0.25) is 18.1 Å². The zero-order valence-electron chi connectivity index (χ0n) is 23.5. The van der Waals surface area contributed by atoms with Crippen LogP contribution in [-0.2, 0) is 35.7 Å². The number of aliphatic hydroxyl groups excluding tert-OH is 1. The fraction of sp³-hybridized carbons (Fsp3) is 0.571. The van der Waals surface area contributed by atoms with Crippen LogP contribution in [0, 0.1) is 6.92 Å². The van der Waals surface area contributed by atoms with Crippen molar-refractivity contribution >= 4 is 25.2 Å². The molecule has 0 bridgehead atoms. The topological polar surface area (TPSA) is 89.4 Å². The Morgan fingerprint density at radius 3 is 2.47 bits per heavy atom. The van der Waals surface area contributed by atoms with Gasteiger partial charge in [0, 0.05) is 30.2 Å². The smallest absolute Gasteiger partial charge is 0.355 e. The lowest BCUT2D eigenvalue weighted by atomic mass is 9.93. The Morgan fingerprint density at radius 2 is 1.89 bits per heavy atom. The van der Waals surface area contributed by atoms with E-state index in [-0.39, 0.29) is 17.6 Å². The minimum Gasteiger partial charge on any atom is -0.461 e. The van der Waals surface area contributed by atoms with E-state index in [2.05, 4.69) is 69.9 Å². The predicted molar refractivity (Wildman–Crippen MR) is 148 cm³/mol. The normalized spacial score (nSPS) is 12.5. The third kappa shape index (κ3) is 5.31. The number of carbonyl (C=O) groups excluding carboxylic acids is 1. The number of H-pyrrole nitrogens is 1. The zero-order chi connectivity index (χ0) is 26.8. The van der Waals surface area contributed by atoms with E-state index >= 15 is 0 Å². The summed E-state index contributed by atoms with van der Waals surface area (Å²) < 4.78 is 13.6. The molecule has 0 atom stereocenters. The molecule has 2 heterocycles. The highest BCUT2D eigenvalue weighted by molar-refractivity contribution is 6.74. The summed E-state index contributed by atoms with van der Waals surface area (Å²) in [6.45, 7) is 18.0. The van der Waals surface area contributed by atoms with Crippen LogP contribution in [0.5, 0.6) is 0 Å². The summed E-state index contributed by atoms with van der Waals surface area (Å²) in [4.78, 5) is 16.4. The molecule has 0 aliphatic rings. The molecule has 0 fully saturated rings. The number of aromatic nitrogens is 3. The number of hydrogen-bond acceptors (Lipinski definition) is 5. The molecule has 0 unspecified atom stereocenters. The SMILES string of the molecule is CCOC(=O)c1[nH]c2c(-c3c(CC)nn(C)c3CO)c(C)ccc2c1CCCO[Si](C)(C)C(C)(C)C. The first kappa shape index (κ1) is 28.2. The molecule has 3 aromatic rings. The fourth-order valence-corrected chi connectivity index (χ4v) is 5.60. The van der Waals surface area contributed by atoms with Gasteiger partial charge >= 0.3 is 5.97 Å². The monoisotopic (exact) mass is 513 g/mol. The molecular formula is C28H43N3O4Si. The Hall–Kier alpha value is -2.42. The van der Waals surface area contributed by atoms with Crippen LogP contribution in [0.15, 0.2) is 12.1 Å². The largest absolute Gasteiger partial charge is 0.461 e. The maximum atomic E-state index is 13.0. The Labute approximate surface area is 216 Å². The van der Waals surface area contributed by atoms with Gasteiger partial charge in [0.15, 0.2) is 8.32 Å². The van der Waals surface area contributed by atoms with Crippen molar-refractivity contribution in [3.8, 4) is 11.1 Å². The third-order valence-corrected chi connectivity index (χ3v) is 12.1. The van der Waals surface area contributed by atoms with E-state index in [0.29, 0.717) is 25.3 Å². The Balaban J connectivity index is 2.10. The van der Waals surface area contributed by atoms with Crippen LogP contribution in [0.1, 0.15) is 74.0 Å². The van der Waals surface area contributed by atoms with Gasteiger partial charge in [-0.15, -0.1) is 0 Å². The van der Waals surface area contributed by atoms with Crippen LogP contribution >= 0.6 is 0 Å². The molecule has 36 heavy (non-hydrogen) atoms. The average Bonchev–Trinajstić information content (AvgIpc) is 3.33. The highest BCUT2D eigenvalue weighted by atomic mass is 28.4. The highest BCUT2D eigenvalue weighted by Gasteiger charge is 2.37. The lowest BCUT2D eigenvalue weighted by Crippen LogP contribution is -2.41. The van der Waals surface area contributed by atoms with Crippen molar-refractivity contribution < 1.29 is 19.1 Å². The molecule has 198 valence electrons. The summed E-state index contributed by atoms with van der Waals surface area (Å²) in [5.74, 6) is -0.345. The number of esters is 1.